The molecule has 1 unspecified atom stereocenters. The van der Waals surface area contributed by atoms with Crippen molar-refractivity contribution in [3.8, 4) is 11.4 Å². The quantitative estimate of drug-likeness (QED) is 0.468. The van der Waals surface area contributed by atoms with E-state index in [4.69, 9.17) is 11.6 Å². The summed E-state index contributed by atoms with van der Waals surface area (Å²) in [4.78, 5) is 7.74. The lowest BCUT2D eigenvalue weighted by atomic mass is 10.2. The number of para-hydroxylation sites is 1. The molecule has 0 aliphatic heterocycles. The van der Waals surface area contributed by atoms with Crippen LogP contribution in [0.25, 0.3) is 11.4 Å². The molecule has 10 heteroatoms. The number of halogens is 3. The normalized spacial score (nSPS) is 14.0. The maximum Gasteiger partial charge on any atom is 0.400 e. The molecule has 0 bridgehead atoms. The summed E-state index contributed by atoms with van der Waals surface area (Å²) >= 11 is 4.84. The molecule has 3 aromatic rings. The van der Waals surface area contributed by atoms with Crippen LogP contribution >= 0.6 is 18.9 Å². The third-order valence-electron chi connectivity index (χ3n) is 3.35. The number of anilines is 1. The number of hydrogen-bond acceptors (Lipinski definition) is 5. The summed E-state index contributed by atoms with van der Waals surface area (Å²) in [7, 11) is -2.72. The van der Waals surface area contributed by atoms with Gasteiger partial charge in [0.25, 0.3) is 0 Å². The van der Waals surface area contributed by atoms with Crippen molar-refractivity contribution in [1.82, 2.24) is 15.1 Å². The van der Waals surface area contributed by atoms with E-state index in [2.05, 4.69) is 24.7 Å². The smallest absolute Gasteiger partial charge is 0.336 e. The lowest BCUT2D eigenvalue weighted by Gasteiger charge is -2.15. The van der Waals surface area contributed by atoms with Gasteiger partial charge in [-0.1, -0.05) is 23.4 Å². The van der Waals surface area contributed by atoms with Crippen LogP contribution in [0, 0.1) is 0 Å². The van der Waals surface area contributed by atoms with Crippen molar-refractivity contribution in [2.24, 2.45) is 0 Å². The van der Waals surface area contributed by atoms with Gasteiger partial charge < -0.3 is 14.2 Å². The molecule has 0 amide bonds. The Labute approximate surface area is 153 Å². The van der Waals surface area contributed by atoms with E-state index in [1.54, 1.807) is 18.8 Å². The number of nitrogens with one attached hydrogen (secondary N) is 1. The number of alkyl halides is 3. The Bertz CT molecular complexity index is 929. The summed E-state index contributed by atoms with van der Waals surface area (Å²) < 4.78 is 43.0. The van der Waals surface area contributed by atoms with Crippen LogP contribution in [-0.4, -0.2) is 21.8 Å². The summed E-state index contributed by atoms with van der Waals surface area (Å²) in [6, 6.07) is 12.4. The maximum absolute atomic E-state index is 12.9. The maximum atomic E-state index is 12.9. The first-order valence-corrected chi connectivity index (χ1v) is 10.2. The fourth-order valence-corrected chi connectivity index (χ4v) is 3.90. The van der Waals surface area contributed by atoms with Crippen LogP contribution in [0.4, 0.5) is 14.5 Å². The lowest BCUT2D eigenvalue weighted by Crippen LogP contribution is -2.03. The number of pyridine rings is 1. The highest BCUT2D eigenvalue weighted by molar-refractivity contribution is 7.63. The van der Waals surface area contributed by atoms with Crippen molar-refractivity contribution in [1.29, 1.82) is 0 Å². The van der Waals surface area contributed by atoms with Gasteiger partial charge in [-0.05, 0) is 35.9 Å². The van der Waals surface area contributed by atoms with Crippen molar-refractivity contribution in [2.45, 2.75) is 11.5 Å². The number of aromatic nitrogens is 3. The molecule has 0 fully saturated rings. The van der Waals surface area contributed by atoms with E-state index in [1.165, 1.54) is 6.20 Å². The zero-order chi connectivity index (χ0) is 18.8. The summed E-state index contributed by atoms with van der Waals surface area (Å²) in [5.74, 6) is -1.04. The average molecular weight is 399 g/mol. The topological polar surface area (TPSA) is 80.9 Å². The van der Waals surface area contributed by atoms with Crippen LogP contribution in [-0.2, 0) is 16.1 Å². The SMILES string of the molecule is CP(=O)(Cc1ccc(-c2noc(C(F)(F)Cl)n2)cn1)Nc1ccccc1. The van der Waals surface area contributed by atoms with Crippen molar-refractivity contribution < 1.29 is 17.9 Å². The van der Waals surface area contributed by atoms with E-state index in [-0.39, 0.29) is 12.0 Å². The summed E-state index contributed by atoms with van der Waals surface area (Å²) in [5.41, 5.74) is 1.72. The minimum Gasteiger partial charge on any atom is -0.336 e. The predicted octanol–water partition coefficient (Wildman–Crippen LogP) is 4.94. The molecular formula is C16H14ClF2N4O2P. The summed E-state index contributed by atoms with van der Waals surface area (Å²) in [6.07, 6.45) is 1.62. The molecule has 1 aromatic carbocycles. The molecule has 2 heterocycles. The van der Waals surface area contributed by atoms with Gasteiger partial charge in [0.1, 0.15) is 0 Å². The van der Waals surface area contributed by atoms with Crippen LogP contribution in [0.5, 0.6) is 0 Å². The van der Waals surface area contributed by atoms with Crippen molar-refractivity contribution >= 4 is 24.6 Å². The molecule has 0 saturated carbocycles. The first-order valence-electron chi connectivity index (χ1n) is 7.49. The third kappa shape index (κ3) is 4.65. The Balaban J connectivity index is 1.71. The van der Waals surface area contributed by atoms with Crippen LogP contribution in [0.15, 0.2) is 53.2 Å². The molecular weight excluding hydrogens is 385 g/mol. The predicted molar refractivity (Wildman–Crippen MR) is 94.6 cm³/mol. The molecule has 2 aromatic heterocycles. The van der Waals surface area contributed by atoms with Gasteiger partial charge in [0.2, 0.25) is 5.82 Å². The zero-order valence-corrected chi connectivity index (χ0v) is 15.2. The van der Waals surface area contributed by atoms with E-state index in [0.29, 0.717) is 11.3 Å². The van der Waals surface area contributed by atoms with Crippen molar-refractivity contribution in [3.63, 3.8) is 0 Å². The molecule has 0 aliphatic rings. The standard InChI is InChI=1S/C16H14ClF2N4O2P/c1-26(24,23-12-5-3-2-4-6-12)10-13-8-7-11(9-20-13)14-21-15(25-22-14)16(17,18)19/h2-9H,10H2,1H3,(H,23,24). The Hall–Kier alpha value is -2.31. The lowest BCUT2D eigenvalue weighted by molar-refractivity contribution is 0.0551. The molecule has 1 atom stereocenters. The largest absolute Gasteiger partial charge is 0.400 e. The van der Waals surface area contributed by atoms with Crippen LogP contribution in [0.2, 0.25) is 0 Å². The van der Waals surface area contributed by atoms with Crippen molar-refractivity contribution in [3.05, 3.63) is 60.2 Å². The third-order valence-corrected chi connectivity index (χ3v) is 5.17. The van der Waals surface area contributed by atoms with Gasteiger partial charge in [-0.25, -0.2) is 0 Å². The minimum atomic E-state index is -3.73. The molecule has 0 saturated heterocycles. The zero-order valence-electron chi connectivity index (χ0n) is 13.6. The average Bonchev–Trinajstić information content (AvgIpc) is 3.06. The fourth-order valence-electron chi connectivity index (χ4n) is 2.24. The van der Waals surface area contributed by atoms with E-state index in [0.717, 1.165) is 5.69 Å². The van der Waals surface area contributed by atoms with E-state index >= 15 is 0 Å². The Morgan fingerprint density at radius 1 is 1.23 bits per heavy atom. The van der Waals surface area contributed by atoms with Gasteiger partial charge >= 0.3 is 11.3 Å². The highest BCUT2D eigenvalue weighted by Crippen LogP contribution is 2.44. The van der Waals surface area contributed by atoms with Gasteiger partial charge in [-0.2, -0.15) is 13.8 Å². The van der Waals surface area contributed by atoms with E-state index in [9.17, 15) is 13.3 Å². The Morgan fingerprint density at radius 3 is 2.54 bits per heavy atom. The van der Waals surface area contributed by atoms with Gasteiger partial charge in [-0.15, -0.1) is 0 Å². The first kappa shape index (κ1) is 18.5. The molecule has 136 valence electrons. The minimum absolute atomic E-state index is 0.0542. The second kappa shape index (κ2) is 7.13. The van der Waals surface area contributed by atoms with Gasteiger partial charge in [0.05, 0.1) is 6.16 Å². The second-order valence-electron chi connectivity index (χ2n) is 5.70. The molecule has 0 radical (unpaired) electrons. The number of benzene rings is 1. The van der Waals surface area contributed by atoms with E-state index in [1.807, 2.05) is 30.3 Å². The molecule has 1 N–H and O–H groups in total. The molecule has 3 rings (SSSR count). The van der Waals surface area contributed by atoms with Crippen LogP contribution in [0.3, 0.4) is 0 Å². The highest BCUT2D eigenvalue weighted by Gasteiger charge is 2.35. The van der Waals surface area contributed by atoms with Gasteiger partial charge in [0, 0.05) is 29.8 Å². The second-order valence-corrected chi connectivity index (χ2v) is 8.91. The first-order chi connectivity index (χ1) is 12.2. The molecule has 26 heavy (non-hydrogen) atoms. The Kier molecular flexibility index (Phi) is 5.07. The highest BCUT2D eigenvalue weighted by atomic mass is 35.5. The summed E-state index contributed by atoms with van der Waals surface area (Å²) in [6.45, 7) is 1.63. The summed E-state index contributed by atoms with van der Waals surface area (Å²) in [5, 5.41) is 2.74. The molecule has 0 aliphatic carbocycles. The number of nitrogens with zero attached hydrogens (tertiary/aromatic N) is 3. The Morgan fingerprint density at radius 2 is 1.96 bits per heavy atom. The van der Waals surface area contributed by atoms with Crippen LogP contribution < -0.4 is 5.09 Å². The monoisotopic (exact) mass is 398 g/mol. The molecule has 0 spiro atoms. The molecule has 6 nitrogen and oxygen atoms in total. The van der Waals surface area contributed by atoms with Crippen LogP contribution in [0.1, 0.15) is 11.6 Å². The van der Waals surface area contributed by atoms with Gasteiger partial charge in [-0.3, -0.25) is 4.98 Å². The number of rotatable bonds is 6. The van der Waals surface area contributed by atoms with E-state index < -0.39 is 18.6 Å². The number of hydrogen-bond donors (Lipinski definition) is 1. The van der Waals surface area contributed by atoms with Gasteiger partial charge in [0.15, 0.2) is 7.29 Å². The van der Waals surface area contributed by atoms with Crippen molar-refractivity contribution in [2.75, 3.05) is 11.8 Å². The fraction of sp³-hybridized carbons (Fsp3) is 0.188.